The number of rotatable bonds is 10. The van der Waals surface area contributed by atoms with Crippen LogP contribution >= 0.6 is 0 Å². The van der Waals surface area contributed by atoms with Crippen molar-refractivity contribution >= 4 is 101 Å². The minimum absolute atomic E-state index is 0.0830. The molecule has 536 valence electrons. The molecule has 24 rings (SSSR count). The van der Waals surface area contributed by atoms with Crippen molar-refractivity contribution < 1.29 is 17.7 Å². The molecule has 114 heavy (non-hydrogen) atoms. The number of aromatic nitrogens is 6. The van der Waals surface area contributed by atoms with Crippen LogP contribution in [0.3, 0.4) is 0 Å². The third-order valence-electron chi connectivity index (χ3n) is 23.0. The molecule has 0 saturated heterocycles. The highest BCUT2D eigenvalue weighted by Gasteiger charge is 2.45. The zero-order valence-electron chi connectivity index (χ0n) is 61.2. The summed E-state index contributed by atoms with van der Waals surface area (Å²) in [6.45, 7) is 0. The highest BCUT2D eigenvalue weighted by molar-refractivity contribution is 6.08. The predicted octanol–water partition coefficient (Wildman–Crippen LogP) is 25.7. The number of anilines is 4. The molecule has 12 nitrogen and oxygen atoms in total. The summed E-state index contributed by atoms with van der Waals surface area (Å²) in [5.74, 6) is 5.32. The largest absolute Gasteiger partial charge is 0.456 e. The Morgan fingerprint density at radius 3 is 1.07 bits per heavy atom. The molecule has 0 spiro atoms. The first kappa shape index (κ1) is 64.8. The van der Waals surface area contributed by atoms with E-state index in [9.17, 15) is 0 Å². The maximum absolute atomic E-state index is 6.89. The molecule has 0 fully saturated rings. The Labute approximate surface area is 654 Å². The van der Waals surface area contributed by atoms with Crippen molar-refractivity contribution in [3.8, 4) is 90.6 Å². The van der Waals surface area contributed by atoms with E-state index in [1.54, 1.807) is 0 Å². The van der Waals surface area contributed by atoms with E-state index in [1.807, 2.05) is 72.8 Å². The molecule has 6 aromatic heterocycles. The molecule has 0 amide bonds. The van der Waals surface area contributed by atoms with Gasteiger partial charge in [0.2, 0.25) is 0 Å². The summed E-state index contributed by atoms with van der Waals surface area (Å²) in [6, 6.07) is 118. The molecule has 4 unspecified atom stereocenters. The van der Waals surface area contributed by atoms with Gasteiger partial charge in [0.25, 0.3) is 0 Å². The van der Waals surface area contributed by atoms with Crippen LogP contribution in [0.2, 0.25) is 0 Å². The molecule has 0 N–H and O–H groups in total. The second-order valence-electron chi connectivity index (χ2n) is 29.4. The number of hydrogen-bond donors (Lipinski definition) is 0. The Bertz CT molecular complexity index is 7290. The van der Waals surface area contributed by atoms with E-state index in [-0.39, 0.29) is 23.9 Å². The Kier molecular flexibility index (Phi) is 14.9. The van der Waals surface area contributed by atoms with Crippen LogP contribution < -0.4 is 9.80 Å². The molecule has 0 bridgehead atoms. The summed E-state index contributed by atoms with van der Waals surface area (Å²) in [7, 11) is 0. The SMILES string of the molecule is C1=CC2C(c3ccccc3N2c2ccccc2)c2c1oc1c(-c3nc(-c4ccc(-c5ccccc5)cc4)nc(-c4ccc5oc6ccccc6c5c4)n3)cccc21.C1=CC2C(c3ccccc3N2c2ccccc2)c2c1oc1c(-c3nc(-c4cccc(-c5ccccc5)c4)nc(-c4ccc5oc6ccccc6c5c4)n3)cccc21. The molecule has 2 aliphatic heterocycles. The monoisotopic (exact) mass is 1460 g/mol. The van der Waals surface area contributed by atoms with Gasteiger partial charge in [-0.15, -0.1) is 0 Å². The number of furan rings is 4. The molecule has 12 heteroatoms. The van der Waals surface area contributed by atoms with E-state index in [1.165, 1.54) is 45.0 Å². The highest BCUT2D eigenvalue weighted by atomic mass is 16.3. The maximum atomic E-state index is 6.89. The lowest BCUT2D eigenvalue weighted by Crippen LogP contribution is -2.30. The quantitative estimate of drug-likeness (QED) is 0.129. The minimum atomic E-state index is 0.0830. The molecule has 4 aliphatic rings. The standard InChI is InChI=1S/2C51H32N4O2/c1-3-13-31(14-4-1)32-15-11-16-33(29-32)49-52-50(34-25-27-44-40(30-34)36-19-8-10-24-43(36)56-44)54-51(53-49)39-22-12-21-38-47-45(57-48(38)39)28-26-42-46(47)37-20-7-9-23-41(37)55(42)35-17-5-2-6-18-35;1-3-12-31(13-4-1)32-22-24-33(25-23-32)49-52-50(34-26-28-44-40(30-34)36-16-8-10-21-43(36)56-44)54-51(53-49)39-19-11-18-38-47-45(57-48(38)39)29-27-42-46(47)37-17-7-9-20-41(37)55(42)35-14-5-2-6-15-35/h2*1-30,42,46H. The maximum Gasteiger partial charge on any atom is 0.167 e. The van der Waals surface area contributed by atoms with Crippen LogP contribution in [0, 0.1) is 0 Å². The summed E-state index contributed by atoms with van der Waals surface area (Å²) in [6.07, 6.45) is 8.86. The van der Waals surface area contributed by atoms with Gasteiger partial charge in [0.1, 0.15) is 45.0 Å². The summed E-state index contributed by atoms with van der Waals surface area (Å²) in [5, 5.41) is 6.26. The van der Waals surface area contributed by atoms with E-state index in [0.29, 0.717) is 34.9 Å². The third kappa shape index (κ3) is 10.7. The van der Waals surface area contributed by atoms with E-state index in [0.717, 1.165) is 133 Å². The fraction of sp³-hybridized carbons (Fsp3) is 0.0392. The van der Waals surface area contributed by atoms with Crippen LogP contribution in [0.1, 0.15) is 45.6 Å². The number of nitrogens with zero attached hydrogens (tertiary/aromatic N) is 8. The summed E-state index contributed by atoms with van der Waals surface area (Å²) in [5.41, 5.74) is 24.3. The van der Waals surface area contributed by atoms with Gasteiger partial charge in [-0.25, -0.2) is 29.9 Å². The number of hydrogen-bond acceptors (Lipinski definition) is 12. The summed E-state index contributed by atoms with van der Waals surface area (Å²) in [4.78, 5) is 36.0. The summed E-state index contributed by atoms with van der Waals surface area (Å²) >= 11 is 0. The summed E-state index contributed by atoms with van der Waals surface area (Å²) < 4.78 is 26.1. The number of fused-ring (bicyclic) bond motifs is 20. The molecule has 0 saturated carbocycles. The highest BCUT2D eigenvalue weighted by Crippen LogP contribution is 2.57. The zero-order valence-corrected chi connectivity index (χ0v) is 61.2. The molecule has 4 atom stereocenters. The van der Waals surface area contributed by atoms with Gasteiger partial charge in [0.05, 0.1) is 23.2 Å². The molecule has 14 aromatic carbocycles. The van der Waals surface area contributed by atoms with E-state index < -0.39 is 0 Å². The van der Waals surface area contributed by atoms with Crippen LogP contribution in [-0.2, 0) is 0 Å². The van der Waals surface area contributed by atoms with Gasteiger partial charge in [0, 0.05) is 100 Å². The molecular formula is C102H64N8O4. The Morgan fingerprint density at radius 2 is 0.579 bits per heavy atom. The number of benzene rings is 14. The van der Waals surface area contributed by atoms with Gasteiger partial charge < -0.3 is 27.5 Å². The lowest BCUT2D eigenvalue weighted by molar-refractivity contribution is 0.584. The average Bonchev–Trinajstić information content (AvgIpc) is 1.56. The first-order valence-corrected chi connectivity index (χ1v) is 38.5. The molecule has 0 radical (unpaired) electrons. The first-order valence-electron chi connectivity index (χ1n) is 38.5. The average molecular weight is 1470 g/mol. The van der Waals surface area contributed by atoms with Gasteiger partial charge >= 0.3 is 0 Å². The molecule has 2 aliphatic carbocycles. The van der Waals surface area contributed by atoms with Crippen LogP contribution in [0.15, 0.2) is 370 Å². The van der Waals surface area contributed by atoms with E-state index >= 15 is 0 Å². The molecule has 20 aromatic rings. The van der Waals surface area contributed by atoms with Gasteiger partial charge in [-0.05, 0) is 149 Å². The third-order valence-corrected chi connectivity index (χ3v) is 23.0. The lowest BCUT2D eigenvalue weighted by Gasteiger charge is -2.30. The van der Waals surface area contributed by atoms with Crippen LogP contribution in [0.25, 0.3) is 169 Å². The van der Waals surface area contributed by atoms with Crippen molar-refractivity contribution in [2.45, 2.75) is 23.9 Å². The number of para-hydroxylation sites is 8. The minimum Gasteiger partial charge on any atom is -0.456 e. The Morgan fingerprint density at radius 1 is 0.237 bits per heavy atom. The van der Waals surface area contributed by atoms with Crippen molar-refractivity contribution in [3.63, 3.8) is 0 Å². The smallest absolute Gasteiger partial charge is 0.167 e. The Balaban J connectivity index is 0.000000135. The predicted molar refractivity (Wildman–Crippen MR) is 457 cm³/mol. The fourth-order valence-corrected chi connectivity index (χ4v) is 17.9. The van der Waals surface area contributed by atoms with E-state index in [2.05, 4.69) is 301 Å². The molecule has 8 heterocycles. The van der Waals surface area contributed by atoms with Crippen molar-refractivity contribution in [1.29, 1.82) is 0 Å². The van der Waals surface area contributed by atoms with Crippen LogP contribution in [-0.4, -0.2) is 42.0 Å². The van der Waals surface area contributed by atoms with Gasteiger partial charge in [-0.2, -0.15) is 0 Å². The second kappa shape index (κ2) is 26.3. The van der Waals surface area contributed by atoms with Gasteiger partial charge in [-0.3, -0.25) is 0 Å². The Hall–Kier alpha value is -15.1. The first-order chi connectivity index (χ1) is 56.5. The van der Waals surface area contributed by atoms with E-state index in [4.69, 9.17) is 47.6 Å². The fourth-order valence-electron chi connectivity index (χ4n) is 17.9. The van der Waals surface area contributed by atoms with Gasteiger partial charge in [0.15, 0.2) is 34.9 Å². The zero-order chi connectivity index (χ0) is 74.9. The van der Waals surface area contributed by atoms with Gasteiger partial charge in [-0.1, -0.05) is 249 Å². The second-order valence-corrected chi connectivity index (χ2v) is 29.4. The normalized spacial score (nSPS) is 15.6. The topological polar surface area (TPSA) is 136 Å². The van der Waals surface area contributed by atoms with Crippen LogP contribution in [0.4, 0.5) is 22.7 Å². The lowest BCUT2D eigenvalue weighted by atomic mass is 9.82. The van der Waals surface area contributed by atoms with Crippen molar-refractivity contribution in [1.82, 2.24) is 29.9 Å². The van der Waals surface area contributed by atoms with Crippen molar-refractivity contribution in [2.24, 2.45) is 0 Å². The van der Waals surface area contributed by atoms with Crippen molar-refractivity contribution in [2.75, 3.05) is 9.80 Å². The van der Waals surface area contributed by atoms with Crippen molar-refractivity contribution in [3.05, 3.63) is 386 Å². The molecular weight excluding hydrogens is 1400 g/mol. The van der Waals surface area contributed by atoms with Crippen LogP contribution in [0.5, 0.6) is 0 Å².